The van der Waals surface area contributed by atoms with Crippen LogP contribution in [-0.2, 0) is 14.3 Å². The Morgan fingerprint density at radius 2 is 0.976 bits per heavy atom. The molecule has 0 radical (unpaired) electrons. The smallest absolute Gasteiger partial charge is 0.305 e. The molecule has 0 aliphatic rings. The van der Waals surface area contributed by atoms with Gasteiger partial charge < -0.3 is 9.84 Å². The summed E-state index contributed by atoms with van der Waals surface area (Å²) in [5, 5.41) is 8.89. The lowest BCUT2D eigenvalue weighted by atomic mass is 9.84. The second-order valence-electron chi connectivity index (χ2n) is 12.5. The molecule has 1 N–H and O–H groups in total. The van der Waals surface area contributed by atoms with E-state index in [0.29, 0.717) is 12.8 Å². The molecular weight excluding hydrogens is 508 g/mol. The zero-order chi connectivity index (χ0) is 30.2. The minimum atomic E-state index is -0.663. The fourth-order valence-corrected chi connectivity index (χ4v) is 5.98. The zero-order valence-electron chi connectivity index (χ0n) is 27.8. The van der Waals surface area contributed by atoms with Crippen LogP contribution in [0.25, 0.3) is 0 Å². The Kier molecular flexibility index (Phi) is 30.6. The van der Waals surface area contributed by atoms with E-state index in [2.05, 4.69) is 19.9 Å². The van der Waals surface area contributed by atoms with Crippen molar-refractivity contribution < 1.29 is 19.4 Å². The number of allylic oxidation sites excluding steroid dienone is 2. The number of carboxylic acids is 1. The number of esters is 1. The molecule has 0 aromatic carbocycles. The first kappa shape index (κ1) is 39.7. The van der Waals surface area contributed by atoms with Crippen molar-refractivity contribution in [3.05, 3.63) is 11.6 Å². The highest BCUT2D eigenvalue weighted by molar-refractivity contribution is 5.69. The number of ether oxygens (including phenoxy) is 1. The van der Waals surface area contributed by atoms with Gasteiger partial charge in [-0.25, -0.2) is 0 Å². The number of hydrogen-bond donors (Lipinski definition) is 1. The summed E-state index contributed by atoms with van der Waals surface area (Å²) >= 11 is 0. The molecule has 0 saturated carbocycles. The maximum atomic E-state index is 11.3. The number of hydrogen-bond acceptors (Lipinski definition) is 3. The fourth-order valence-electron chi connectivity index (χ4n) is 5.98. The number of unbranched alkanes of at least 4 members (excludes halogenated alkanes) is 20. The lowest BCUT2D eigenvalue weighted by Gasteiger charge is -2.22. The molecule has 0 rings (SSSR count). The first-order valence-corrected chi connectivity index (χ1v) is 18.0. The third kappa shape index (κ3) is 28.6. The monoisotopic (exact) mass is 579 g/mol. The van der Waals surface area contributed by atoms with E-state index in [4.69, 9.17) is 9.84 Å². The van der Waals surface area contributed by atoms with E-state index in [0.717, 1.165) is 38.0 Å². The van der Waals surface area contributed by atoms with Gasteiger partial charge in [-0.15, -0.1) is 0 Å². The second-order valence-corrected chi connectivity index (χ2v) is 12.5. The molecule has 0 spiro atoms. The van der Waals surface area contributed by atoms with Crippen LogP contribution in [0.2, 0.25) is 0 Å². The SMILES string of the molecule is CCCCCCCC/C=C(\CCCCCCCC(=O)O)C(CCCCCCCC)CCCCCCCCC(=O)OC. The molecule has 4 nitrogen and oxygen atoms in total. The summed E-state index contributed by atoms with van der Waals surface area (Å²) in [6, 6.07) is 0. The highest BCUT2D eigenvalue weighted by atomic mass is 16.5. The molecular formula is C37H70O4. The summed E-state index contributed by atoms with van der Waals surface area (Å²) in [5.74, 6) is -0.000631. The Labute approximate surface area is 255 Å². The maximum Gasteiger partial charge on any atom is 0.305 e. The average molecular weight is 579 g/mol. The molecule has 0 fully saturated rings. The molecule has 0 aliphatic heterocycles. The standard InChI is InChI=1S/C37H70O4/c1-4-6-8-10-12-17-23-29-35(31-25-19-15-20-26-32-36(38)39)34(28-22-16-11-9-7-5-2)30-24-18-13-14-21-27-33-37(40)41-3/h29,34H,4-28,30-33H2,1-3H3,(H,38,39)/b35-29+. The molecule has 0 amide bonds. The molecule has 4 heteroatoms. The number of rotatable bonds is 32. The molecule has 242 valence electrons. The van der Waals surface area contributed by atoms with Crippen molar-refractivity contribution in [1.29, 1.82) is 0 Å². The van der Waals surface area contributed by atoms with Crippen molar-refractivity contribution in [3.8, 4) is 0 Å². The Morgan fingerprint density at radius 3 is 1.46 bits per heavy atom. The molecule has 0 bridgehead atoms. The molecule has 0 aromatic rings. The molecule has 0 aliphatic carbocycles. The highest BCUT2D eigenvalue weighted by Gasteiger charge is 2.14. The predicted octanol–water partition coefficient (Wildman–Crippen LogP) is 12.1. The predicted molar refractivity (Wildman–Crippen MR) is 176 cm³/mol. The minimum Gasteiger partial charge on any atom is -0.481 e. The average Bonchev–Trinajstić information content (AvgIpc) is 2.96. The fraction of sp³-hybridized carbons (Fsp3) is 0.892. The summed E-state index contributed by atoms with van der Waals surface area (Å²) in [6.45, 7) is 4.58. The second kappa shape index (κ2) is 31.6. The van der Waals surface area contributed by atoms with Gasteiger partial charge in [0.1, 0.15) is 0 Å². The summed E-state index contributed by atoms with van der Waals surface area (Å²) in [6.07, 6.45) is 37.8. The van der Waals surface area contributed by atoms with Gasteiger partial charge >= 0.3 is 11.9 Å². The molecule has 1 unspecified atom stereocenters. The van der Waals surface area contributed by atoms with Crippen LogP contribution in [0.5, 0.6) is 0 Å². The number of methoxy groups -OCH3 is 1. The summed E-state index contributed by atoms with van der Waals surface area (Å²) < 4.78 is 4.76. The normalized spacial score (nSPS) is 12.5. The quantitative estimate of drug-likeness (QED) is 0.0490. The van der Waals surface area contributed by atoms with Crippen LogP contribution in [0, 0.1) is 5.92 Å². The van der Waals surface area contributed by atoms with E-state index in [9.17, 15) is 9.59 Å². The molecule has 0 saturated heterocycles. The van der Waals surface area contributed by atoms with E-state index in [-0.39, 0.29) is 5.97 Å². The molecule has 41 heavy (non-hydrogen) atoms. The van der Waals surface area contributed by atoms with Crippen LogP contribution in [0.1, 0.15) is 200 Å². The van der Waals surface area contributed by atoms with Crippen LogP contribution >= 0.6 is 0 Å². The molecule has 0 aromatic heterocycles. The van der Waals surface area contributed by atoms with Crippen molar-refractivity contribution in [2.75, 3.05) is 7.11 Å². The first-order chi connectivity index (χ1) is 20.0. The maximum absolute atomic E-state index is 11.3. The van der Waals surface area contributed by atoms with Crippen molar-refractivity contribution in [2.45, 2.75) is 200 Å². The van der Waals surface area contributed by atoms with E-state index in [1.54, 1.807) is 5.57 Å². The summed E-state index contributed by atoms with van der Waals surface area (Å²) in [7, 11) is 1.47. The van der Waals surface area contributed by atoms with Gasteiger partial charge in [0.25, 0.3) is 0 Å². The van der Waals surface area contributed by atoms with E-state index in [1.165, 1.54) is 148 Å². The van der Waals surface area contributed by atoms with E-state index >= 15 is 0 Å². The van der Waals surface area contributed by atoms with Crippen molar-refractivity contribution >= 4 is 11.9 Å². The van der Waals surface area contributed by atoms with Gasteiger partial charge in [-0.2, -0.15) is 0 Å². The lowest BCUT2D eigenvalue weighted by molar-refractivity contribution is -0.141. The van der Waals surface area contributed by atoms with E-state index in [1.807, 2.05) is 0 Å². The third-order valence-corrected chi connectivity index (χ3v) is 8.66. The van der Waals surface area contributed by atoms with Gasteiger partial charge in [0, 0.05) is 12.8 Å². The summed E-state index contributed by atoms with van der Waals surface area (Å²) in [4.78, 5) is 22.1. The van der Waals surface area contributed by atoms with Crippen LogP contribution in [-0.4, -0.2) is 24.2 Å². The van der Waals surface area contributed by atoms with Gasteiger partial charge in [-0.05, 0) is 57.3 Å². The number of carbonyl (C=O) groups excluding carboxylic acids is 1. The number of carbonyl (C=O) groups is 2. The Balaban J connectivity index is 4.86. The molecule has 1 atom stereocenters. The van der Waals surface area contributed by atoms with Crippen LogP contribution in [0.15, 0.2) is 11.6 Å². The van der Waals surface area contributed by atoms with Crippen molar-refractivity contribution in [3.63, 3.8) is 0 Å². The largest absolute Gasteiger partial charge is 0.481 e. The van der Waals surface area contributed by atoms with Crippen LogP contribution in [0.3, 0.4) is 0 Å². The van der Waals surface area contributed by atoms with Crippen molar-refractivity contribution in [1.82, 2.24) is 0 Å². The molecule has 0 heterocycles. The van der Waals surface area contributed by atoms with Gasteiger partial charge in [0.05, 0.1) is 7.11 Å². The number of aliphatic carboxylic acids is 1. The Hall–Kier alpha value is -1.32. The third-order valence-electron chi connectivity index (χ3n) is 8.66. The number of carboxylic acid groups (broad SMARTS) is 1. The van der Waals surface area contributed by atoms with Gasteiger partial charge in [0.2, 0.25) is 0 Å². The Bertz CT molecular complexity index is 612. The highest BCUT2D eigenvalue weighted by Crippen LogP contribution is 2.30. The van der Waals surface area contributed by atoms with E-state index < -0.39 is 5.97 Å². The van der Waals surface area contributed by atoms with Gasteiger partial charge in [0.15, 0.2) is 0 Å². The zero-order valence-corrected chi connectivity index (χ0v) is 27.8. The van der Waals surface area contributed by atoms with Gasteiger partial charge in [-0.3, -0.25) is 9.59 Å². The summed E-state index contributed by atoms with van der Waals surface area (Å²) in [5.41, 5.74) is 1.75. The van der Waals surface area contributed by atoms with Crippen LogP contribution < -0.4 is 0 Å². The van der Waals surface area contributed by atoms with Gasteiger partial charge in [-0.1, -0.05) is 147 Å². The topological polar surface area (TPSA) is 63.6 Å². The lowest BCUT2D eigenvalue weighted by Crippen LogP contribution is -2.06. The minimum absolute atomic E-state index is 0.0805. The van der Waals surface area contributed by atoms with Crippen LogP contribution in [0.4, 0.5) is 0 Å². The first-order valence-electron chi connectivity index (χ1n) is 18.0. The van der Waals surface area contributed by atoms with Crippen molar-refractivity contribution in [2.24, 2.45) is 5.92 Å². The Morgan fingerprint density at radius 1 is 0.561 bits per heavy atom.